The van der Waals surface area contributed by atoms with Gasteiger partial charge in [-0.05, 0) is 37.0 Å². The number of esters is 1. The van der Waals surface area contributed by atoms with Gasteiger partial charge in [0, 0.05) is 0 Å². The van der Waals surface area contributed by atoms with Crippen LogP contribution in [-0.4, -0.2) is 12.1 Å². The quantitative estimate of drug-likeness (QED) is 0.684. The summed E-state index contributed by atoms with van der Waals surface area (Å²) in [4.78, 5) is 11.7. The molecular weight excluding hydrogens is 200 g/mol. The second-order valence-corrected chi connectivity index (χ2v) is 6.28. The van der Waals surface area contributed by atoms with Crippen molar-refractivity contribution >= 4 is 5.97 Å². The maximum Gasteiger partial charge on any atom is 0.308 e. The van der Waals surface area contributed by atoms with Crippen molar-refractivity contribution < 1.29 is 9.53 Å². The lowest BCUT2D eigenvalue weighted by Gasteiger charge is -2.38. The van der Waals surface area contributed by atoms with Gasteiger partial charge in [-0.1, -0.05) is 34.6 Å². The van der Waals surface area contributed by atoms with Gasteiger partial charge in [-0.15, -0.1) is 0 Å². The monoisotopic (exact) mass is 226 g/mol. The minimum atomic E-state index is -0.0163. The molecular formula is C14H26O2. The second-order valence-electron chi connectivity index (χ2n) is 6.28. The zero-order valence-corrected chi connectivity index (χ0v) is 11.4. The van der Waals surface area contributed by atoms with Gasteiger partial charge in [-0.25, -0.2) is 0 Å². The molecule has 0 bridgehead atoms. The van der Waals surface area contributed by atoms with E-state index in [0.29, 0.717) is 11.3 Å². The Morgan fingerprint density at radius 2 is 2.06 bits per heavy atom. The van der Waals surface area contributed by atoms with Gasteiger partial charge in [-0.3, -0.25) is 4.79 Å². The predicted molar refractivity (Wildman–Crippen MR) is 66.1 cm³/mol. The van der Waals surface area contributed by atoms with E-state index in [9.17, 15) is 4.79 Å². The van der Waals surface area contributed by atoms with Crippen LogP contribution in [-0.2, 0) is 9.53 Å². The largest absolute Gasteiger partial charge is 0.462 e. The third kappa shape index (κ3) is 3.80. The Morgan fingerprint density at radius 1 is 1.44 bits per heavy atom. The minimum Gasteiger partial charge on any atom is -0.462 e. The summed E-state index contributed by atoms with van der Waals surface area (Å²) >= 11 is 0. The molecule has 0 radical (unpaired) electrons. The molecule has 16 heavy (non-hydrogen) atoms. The number of carbonyl (C=O) groups excluding carboxylic acids is 1. The van der Waals surface area contributed by atoms with Crippen LogP contribution in [0.3, 0.4) is 0 Å². The van der Waals surface area contributed by atoms with Crippen molar-refractivity contribution in [3.8, 4) is 0 Å². The fourth-order valence-electron chi connectivity index (χ4n) is 2.80. The molecule has 0 aromatic heterocycles. The molecule has 1 aliphatic rings. The molecule has 3 unspecified atom stereocenters. The van der Waals surface area contributed by atoms with E-state index in [4.69, 9.17) is 4.74 Å². The number of hydrogen-bond donors (Lipinski definition) is 0. The van der Waals surface area contributed by atoms with Crippen molar-refractivity contribution in [2.24, 2.45) is 17.3 Å². The highest BCUT2D eigenvalue weighted by atomic mass is 16.5. The summed E-state index contributed by atoms with van der Waals surface area (Å²) in [5, 5.41) is 0. The summed E-state index contributed by atoms with van der Waals surface area (Å²) in [6, 6.07) is 0. The molecule has 2 heteroatoms. The zero-order valence-electron chi connectivity index (χ0n) is 11.4. The highest BCUT2D eigenvalue weighted by molar-refractivity contribution is 5.72. The minimum absolute atomic E-state index is 0.0163. The van der Waals surface area contributed by atoms with Crippen LogP contribution in [0, 0.1) is 17.3 Å². The molecule has 1 saturated carbocycles. The van der Waals surface area contributed by atoms with E-state index in [-0.39, 0.29) is 18.0 Å². The maximum absolute atomic E-state index is 11.7. The summed E-state index contributed by atoms with van der Waals surface area (Å²) in [6.07, 6.45) is 4.29. The molecule has 0 amide bonds. The third-order valence-electron chi connectivity index (χ3n) is 3.64. The Morgan fingerprint density at radius 3 is 2.56 bits per heavy atom. The third-order valence-corrected chi connectivity index (χ3v) is 3.64. The van der Waals surface area contributed by atoms with Crippen molar-refractivity contribution in [1.29, 1.82) is 0 Å². The van der Waals surface area contributed by atoms with E-state index < -0.39 is 0 Å². The molecule has 0 spiro atoms. The van der Waals surface area contributed by atoms with Crippen LogP contribution < -0.4 is 0 Å². The summed E-state index contributed by atoms with van der Waals surface area (Å²) < 4.78 is 5.61. The molecule has 0 saturated heterocycles. The Balaban J connectivity index is 2.51. The van der Waals surface area contributed by atoms with E-state index in [1.807, 2.05) is 13.8 Å². The number of hydrogen-bond acceptors (Lipinski definition) is 2. The molecule has 2 nitrogen and oxygen atoms in total. The molecule has 0 aromatic rings. The van der Waals surface area contributed by atoms with E-state index in [2.05, 4.69) is 20.8 Å². The summed E-state index contributed by atoms with van der Waals surface area (Å²) in [7, 11) is 0. The SMILES string of the molecule is CCC(C)C(=O)OC1CC(C)CC(C)(C)C1. The van der Waals surface area contributed by atoms with Gasteiger partial charge >= 0.3 is 5.97 Å². The summed E-state index contributed by atoms with van der Waals surface area (Å²) in [5.41, 5.74) is 0.318. The molecule has 0 aliphatic heterocycles. The first-order valence-electron chi connectivity index (χ1n) is 6.54. The van der Waals surface area contributed by atoms with Gasteiger partial charge in [0.2, 0.25) is 0 Å². The molecule has 0 heterocycles. The average molecular weight is 226 g/mol. The Bertz CT molecular complexity index is 245. The number of rotatable bonds is 3. The second kappa shape index (κ2) is 5.20. The molecule has 1 fully saturated rings. The Labute approximate surface area is 99.8 Å². The lowest BCUT2D eigenvalue weighted by atomic mass is 9.71. The predicted octanol–water partition coefficient (Wildman–Crippen LogP) is 3.79. The normalized spacial score (nSPS) is 30.8. The fraction of sp³-hybridized carbons (Fsp3) is 0.929. The smallest absolute Gasteiger partial charge is 0.308 e. The summed E-state index contributed by atoms with van der Waals surface area (Å²) in [6.45, 7) is 10.8. The lowest BCUT2D eigenvalue weighted by molar-refractivity contribution is -0.157. The van der Waals surface area contributed by atoms with Crippen LogP contribution in [0.25, 0.3) is 0 Å². The number of ether oxygens (including phenoxy) is 1. The first-order chi connectivity index (χ1) is 7.34. The molecule has 0 aromatic carbocycles. The fourth-order valence-corrected chi connectivity index (χ4v) is 2.80. The van der Waals surface area contributed by atoms with Crippen molar-refractivity contribution in [2.45, 2.75) is 66.4 Å². The first kappa shape index (κ1) is 13.5. The zero-order chi connectivity index (χ0) is 12.3. The van der Waals surface area contributed by atoms with Gasteiger partial charge in [0.1, 0.15) is 6.10 Å². The maximum atomic E-state index is 11.7. The van der Waals surface area contributed by atoms with Crippen molar-refractivity contribution in [3.05, 3.63) is 0 Å². The lowest BCUT2D eigenvalue weighted by Crippen LogP contribution is -2.35. The van der Waals surface area contributed by atoms with E-state index in [1.54, 1.807) is 0 Å². The topological polar surface area (TPSA) is 26.3 Å². The van der Waals surface area contributed by atoms with Gasteiger partial charge in [0.15, 0.2) is 0 Å². The molecule has 0 N–H and O–H groups in total. The van der Waals surface area contributed by atoms with E-state index >= 15 is 0 Å². The molecule has 1 aliphatic carbocycles. The Kier molecular flexibility index (Phi) is 4.40. The van der Waals surface area contributed by atoms with E-state index in [0.717, 1.165) is 19.3 Å². The summed E-state index contributed by atoms with van der Waals surface area (Å²) in [5.74, 6) is 0.691. The van der Waals surface area contributed by atoms with Crippen molar-refractivity contribution in [2.75, 3.05) is 0 Å². The van der Waals surface area contributed by atoms with E-state index in [1.165, 1.54) is 6.42 Å². The van der Waals surface area contributed by atoms with Crippen LogP contribution in [0.1, 0.15) is 60.3 Å². The van der Waals surface area contributed by atoms with Crippen LogP contribution in [0.15, 0.2) is 0 Å². The molecule has 94 valence electrons. The van der Waals surface area contributed by atoms with Crippen molar-refractivity contribution in [3.63, 3.8) is 0 Å². The van der Waals surface area contributed by atoms with Gasteiger partial charge in [-0.2, -0.15) is 0 Å². The van der Waals surface area contributed by atoms with Crippen LogP contribution in [0.5, 0.6) is 0 Å². The van der Waals surface area contributed by atoms with Crippen molar-refractivity contribution in [1.82, 2.24) is 0 Å². The van der Waals surface area contributed by atoms with Crippen LogP contribution in [0.4, 0.5) is 0 Å². The first-order valence-corrected chi connectivity index (χ1v) is 6.54. The number of carbonyl (C=O) groups is 1. The molecule has 3 atom stereocenters. The Hall–Kier alpha value is -0.530. The average Bonchev–Trinajstić information content (AvgIpc) is 2.12. The highest BCUT2D eigenvalue weighted by Crippen LogP contribution is 2.39. The van der Waals surface area contributed by atoms with Gasteiger partial charge < -0.3 is 4.74 Å². The van der Waals surface area contributed by atoms with Gasteiger partial charge in [0.05, 0.1) is 5.92 Å². The standard InChI is InChI=1S/C14H26O2/c1-6-11(3)13(15)16-12-7-10(2)8-14(4,5)9-12/h10-12H,6-9H2,1-5H3. The van der Waals surface area contributed by atoms with Crippen LogP contribution in [0.2, 0.25) is 0 Å². The molecule has 1 rings (SSSR count). The van der Waals surface area contributed by atoms with Gasteiger partial charge in [0.25, 0.3) is 0 Å². The highest BCUT2D eigenvalue weighted by Gasteiger charge is 2.34. The van der Waals surface area contributed by atoms with Crippen LogP contribution >= 0.6 is 0 Å².